The summed E-state index contributed by atoms with van der Waals surface area (Å²) in [5.74, 6) is -0.221. The molecule has 30 heavy (non-hydrogen) atoms. The van der Waals surface area contributed by atoms with Crippen LogP contribution in [0, 0.1) is 11.3 Å². The van der Waals surface area contributed by atoms with Gasteiger partial charge in [0.15, 0.2) is 9.84 Å². The van der Waals surface area contributed by atoms with Crippen LogP contribution in [0.15, 0.2) is 82.6 Å². The quantitative estimate of drug-likeness (QED) is 0.600. The number of nitriles is 1. The maximum Gasteiger partial charge on any atom is 0.252 e. The van der Waals surface area contributed by atoms with Crippen molar-refractivity contribution in [1.29, 1.82) is 5.26 Å². The Bertz CT molecular complexity index is 1200. The van der Waals surface area contributed by atoms with Gasteiger partial charge in [0, 0.05) is 22.6 Å². The van der Waals surface area contributed by atoms with Gasteiger partial charge in [-0.15, -0.1) is 0 Å². The van der Waals surface area contributed by atoms with Crippen LogP contribution in [0.4, 0.5) is 0 Å². The number of sulfone groups is 1. The molecule has 3 rings (SSSR count). The second-order valence-electron chi connectivity index (χ2n) is 6.78. The lowest BCUT2D eigenvalue weighted by Crippen LogP contribution is -2.23. The van der Waals surface area contributed by atoms with Crippen molar-refractivity contribution >= 4 is 27.5 Å². The van der Waals surface area contributed by atoms with Crippen LogP contribution >= 0.6 is 11.8 Å². The summed E-state index contributed by atoms with van der Waals surface area (Å²) in [5.41, 5.74) is 2.68. The van der Waals surface area contributed by atoms with E-state index in [1.807, 2.05) is 42.5 Å². The molecule has 7 heteroatoms. The van der Waals surface area contributed by atoms with Gasteiger partial charge in [0.05, 0.1) is 16.9 Å². The number of carbonyl (C=O) groups is 1. The van der Waals surface area contributed by atoms with E-state index in [0.29, 0.717) is 23.2 Å². The third kappa shape index (κ3) is 5.96. The van der Waals surface area contributed by atoms with E-state index in [9.17, 15) is 18.5 Å². The van der Waals surface area contributed by atoms with E-state index < -0.39 is 9.84 Å². The van der Waals surface area contributed by atoms with Gasteiger partial charge < -0.3 is 5.32 Å². The van der Waals surface area contributed by atoms with Crippen LogP contribution < -0.4 is 5.32 Å². The molecule has 0 saturated carbocycles. The van der Waals surface area contributed by atoms with Crippen molar-refractivity contribution in [3.63, 3.8) is 0 Å². The fourth-order valence-electron chi connectivity index (χ4n) is 2.84. The SMILES string of the molecule is CS(=O)(=O)Cc1ccc(CNC(=O)c2ccccc2Sc2ccccc2C#N)cc1. The van der Waals surface area contributed by atoms with Crippen molar-refractivity contribution < 1.29 is 13.2 Å². The van der Waals surface area contributed by atoms with Crippen LogP contribution in [0.3, 0.4) is 0 Å². The average Bonchev–Trinajstić information content (AvgIpc) is 2.73. The van der Waals surface area contributed by atoms with Gasteiger partial charge in [-0.1, -0.05) is 60.3 Å². The lowest BCUT2D eigenvalue weighted by atomic mass is 10.1. The van der Waals surface area contributed by atoms with Crippen LogP contribution in [0.25, 0.3) is 0 Å². The number of nitrogens with zero attached hydrogens (tertiary/aromatic N) is 1. The topological polar surface area (TPSA) is 87.0 Å². The number of hydrogen-bond acceptors (Lipinski definition) is 5. The molecule has 0 spiro atoms. The number of carbonyl (C=O) groups excluding carboxylic acids is 1. The Hall–Kier alpha value is -3.08. The zero-order valence-electron chi connectivity index (χ0n) is 16.3. The minimum absolute atomic E-state index is 0.00555. The first-order chi connectivity index (χ1) is 14.4. The molecule has 0 bridgehead atoms. The van der Waals surface area contributed by atoms with E-state index in [1.54, 1.807) is 30.3 Å². The molecule has 5 nitrogen and oxygen atoms in total. The van der Waals surface area contributed by atoms with Crippen molar-refractivity contribution in [2.24, 2.45) is 0 Å². The van der Waals surface area contributed by atoms with Crippen molar-refractivity contribution in [3.05, 3.63) is 95.1 Å². The lowest BCUT2D eigenvalue weighted by Gasteiger charge is -2.11. The first-order valence-corrected chi connectivity index (χ1v) is 12.0. The standard InChI is InChI=1S/C23H20N2O3S2/c1-30(27,28)16-18-12-10-17(11-13-18)15-25-23(26)20-7-3-5-9-22(20)29-21-8-4-2-6-19(21)14-24/h2-13H,15-16H2,1H3,(H,25,26). The summed E-state index contributed by atoms with van der Waals surface area (Å²) in [4.78, 5) is 14.3. The molecule has 1 N–H and O–H groups in total. The smallest absolute Gasteiger partial charge is 0.252 e. The van der Waals surface area contributed by atoms with E-state index in [4.69, 9.17) is 0 Å². The van der Waals surface area contributed by atoms with E-state index in [1.165, 1.54) is 18.0 Å². The van der Waals surface area contributed by atoms with Crippen LogP contribution in [-0.4, -0.2) is 20.6 Å². The molecule has 0 heterocycles. The van der Waals surface area contributed by atoms with E-state index in [0.717, 1.165) is 15.4 Å². The molecule has 0 radical (unpaired) electrons. The molecule has 0 saturated heterocycles. The van der Waals surface area contributed by atoms with Gasteiger partial charge in [0.2, 0.25) is 0 Å². The summed E-state index contributed by atoms with van der Waals surface area (Å²) in [6.45, 7) is 0.325. The van der Waals surface area contributed by atoms with Crippen molar-refractivity contribution in [1.82, 2.24) is 5.32 Å². The number of rotatable bonds is 7. The number of hydrogen-bond donors (Lipinski definition) is 1. The van der Waals surface area contributed by atoms with Crippen LogP contribution in [0.1, 0.15) is 27.0 Å². The molecule has 0 fully saturated rings. The lowest BCUT2D eigenvalue weighted by molar-refractivity contribution is 0.0948. The van der Waals surface area contributed by atoms with Gasteiger partial charge in [0.25, 0.3) is 5.91 Å². The monoisotopic (exact) mass is 436 g/mol. The predicted molar refractivity (Wildman–Crippen MR) is 118 cm³/mol. The minimum atomic E-state index is -3.08. The highest BCUT2D eigenvalue weighted by molar-refractivity contribution is 7.99. The third-order valence-corrected chi connectivity index (χ3v) is 6.27. The zero-order chi connectivity index (χ0) is 21.6. The van der Waals surface area contributed by atoms with Crippen LogP contribution in [0.5, 0.6) is 0 Å². The van der Waals surface area contributed by atoms with E-state index in [2.05, 4.69) is 11.4 Å². The highest BCUT2D eigenvalue weighted by Crippen LogP contribution is 2.32. The number of nitrogens with one attached hydrogen (secondary N) is 1. The Morgan fingerprint density at radius 1 is 0.933 bits per heavy atom. The Labute approximate surface area is 180 Å². The van der Waals surface area contributed by atoms with Crippen molar-refractivity contribution in [3.8, 4) is 6.07 Å². The Kier molecular flexibility index (Phi) is 6.93. The Morgan fingerprint density at radius 2 is 1.53 bits per heavy atom. The van der Waals surface area contributed by atoms with Crippen molar-refractivity contribution in [2.75, 3.05) is 6.26 Å². The maximum atomic E-state index is 12.8. The summed E-state index contributed by atoms with van der Waals surface area (Å²) < 4.78 is 22.8. The second kappa shape index (κ2) is 9.61. The van der Waals surface area contributed by atoms with Gasteiger partial charge in [-0.05, 0) is 35.4 Å². The molecule has 3 aromatic carbocycles. The molecule has 0 unspecified atom stereocenters. The van der Waals surface area contributed by atoms with Gasteiger partial charge in [-0.3, -0.25) is 4.79 Å². The fourth-order valence-corrected chi connectivity index (χ4v) is 4.67. The largest absolute Gasteiger partial charge is 0.348 e. The predicted octanol–water partition coefficient (Wildman–Crippen LogP) is 4.18. The summed E-state index contributed by atoms with van der Waals surface area (Å²) in [7, 11) is -3.08. The zero-order valence-corrected chi connectivity index (χ0v) is 18.0. The summed E-state index contributed by atoms with van der Waals surface area (Å²) in [5, 5.41) is 12.2. The molecule has 0 aliphatic carbocycles. The maximum absolute atomic E-state index is 12.8. The van der Waals surface area contributed by atoms with Gasteiger partial charge in [-0.25, -0.2) is 8.42 Å². The molecule has 0 atom stereocenters. The first kappa shape index (κ1) is 21.6. The highest BCUT2D eigenvalue weighted by Gasteiger charge is 2.13. The molecule has 0 aromatic heterocycles. The van der Waals surface area contributed by atoms with Crippen LogP contribution in [-0.2, 0) is 22.1 Å². The molecule has 0 aliphatic heterocycles. The average molecular weight is 437 g/mol. The normalized spacial score (nSPS) is 10.9. The van der Waals surface area contributed by atoms with E-state index >= 15 is 0 Å². The molecular weight excluding hydrogens is 416 g/mol. The first-order valence-electron chi connectivity index (χ1n) is 9.15. The van der Waals surface area contributed by atoms with Crippen LogP contribution in [0.2, 0.25) is 0 Å². The Morgan fingerprint density at radius 3 is 2.20 bits per heavy atom. The highest BCUT2D eigenvalue weighted by atomic mass is 32.2. The number of benzene rings is 3. The fraction of sp³-hybridized carbons (Fsp3) is 0.130. The second-order valence-corrected chi connectivity index (χ2v) is 10.00. The number of amides is 1. The van der Waals surface area contributed by atoms with Gasteiger partial charge >= 0.3 is 0 Å². The Balaban J connectivity index is 1.70. The molecule has 3 aromatic rings. The third-order valence-electron chi connectivity index (χ3n) is 4.26. The molecule has 1 amide bonds. The summed E-state index contributed by atoms with van der Waals surface area (Å²) in [6.07, 6.45) is 1.20. The molecular formula is C23H20N2O3S2. The van der Waals surface area contributed by atoms with Gasteiger partial charge in [0.1, 0.15) is 6.07 Å². The summed E-state index contributed by atoms with van der Waals surface area (Å²) >= 11 is 1.38. The molecule has 0 aliphatic rings. The van der Waals surface area contributed by atoms with E-state index in [-0.39, 0.29) is 11.7 Å². The van der Waals surface area contributed by atoms with Crippen molar-refractivity contribution in [2.45, 2.75) is 22.1 Å². The molecule has 152 valence electrons. The minimum Gasteiger partial charge on any atom is -0.348 e. The summed E-state index contributed by atoms with van der Waals surface area (Å²) in [6, 6.07) is 23.8. The van der Waals surface area contributed by atoms with Gasteiger partial charge in [-0.2, -0.15) is 5.26 Å².